The van der Waals surface area contributed by atoms with E-state index < -0.39 is 24.5 Å². The van der Waals surface area contributed by atoms with Crippen LogP contribution in [0.15, 0.2) is 48.6 Å². The van der Waals surface area contributed by atoms with Crippen molar-refractivity contribution in [2.24, 2.45) is 11.8 Å². The maximum Gasteiger partial charge on any atom is 0.335 e. The van der Waals surface area contributed by atoms with E-state index in [1.54, 1.807) is 26.8 Å². The molecule has 1 aromatic carbocycles. The number of benzene rings is 1. The van der Waals surface area contributed by atoms with Crippen LogP contribution in [0.3, 0.4) is 0 Å². The second kappa shape index (κ2) is 13.1. The van der Waals surface area contributed by atoms with Gasteiger partial charge in [0.05, 0.1) is 13.2 Å². The van der Waals surface area contributed by atoms with Gasteiger partial charge in [-0.1, -0.05) is 36.9 Å². The van der Waals surface area contributed by atoms with Crippen LogP contribution in [-0.2, 0) is 28.5 Å². The standard InChI is InChI=1S/C25H34O6/c1-18(2)25(27)31-20(4)29-17-23-12-10-22(11-13-23)16-28-19(3)30-24(26)15-14-21-8-6-5-7-9-21/h5-9,14-15,19-20,22-23H,1,10-13,16-17H2,2-4H3/b15-14+. The predicted octanol–water partition coefficient (Wildman–Crippen LogP) is 4.89. The Morgan fingerprint density at radius 1 is 0.968 bits per heavy atom. The number of hydrogen-bond acceptors (Lipinski definition) is 6. The van der Waals surface area contributed by atoms with Gasteiger partial charge < -0.3 is 18.9 Å². The second-order valence-electron chi connectivity index (χ2n) is 8.06. The highest BCUT2D eigenvalue weighted by Crippen LogP contribution is 2.29. The number of ether oxygens (including phenoxy) is 4. The van der Waals surface area contributed by atoms with Crippen LogP contribution in [-0.4, -0.2) is 37.7 Å². The quantitative estimate of drug-likeness (QED) is 0.283. The van der Waals surface area contributed by atoms with E-state index in [1.807, 2.05) is 30.3 Å². The third-order valence-corrected chi connectivity index (χ3v) is 5.21. The summed E-state index contributed by atoms with van der Waals surface area (Å²) >= 11 is 0. The molecule has 0 spiro atoms. The summed E-state index contributed by atoms with van der Waals surface area (Å²) in [7, 11) is 0. The minimum Gasteiger partial charge on any atom is -0.433 e. The van der Waals surface area contributed by atoms with Gasteiger partial charge >= 0.3 is 11.9 Å². The molecule has 0 radical (unpaired) electrons. The van der Waals surface area contributed by atoms with E-state index in [1.165, 1.54) is 6.08 Å². The van der Waals surface area contributed by atoms with Crippen LogP contribution in [0.2, 0.25) is 0 Å². The SMILES string of the molecule is C=C(C)C(=O)OC(C)OCC1CCC(COC(C)OC(=O)/C=C/c2ccccc2)CC1. The number of esters is 2. The number of rotatable bonds is 11. The molecule has 0 amide bonds. The van der Waals surface area contributed by atoms with E-state index in [9.17, 15) is 9.59 Å². The molecule has 170 valence electrons. The molecule has 6 heteroatoms. The predicted molar refractivity (Wildman–Crippen MR) is 119 cm³/mol. The van der Waals surface area contributed by atoms with Crippen LogP contribution in [0.5, 0.6) is 0 Å². The van der Waals surface area contributed by atoms with Gasteiger partial charge in [-0.3, -0.25) is 0 Å². The lowest BCUT2D eigenvalue weighted by atomic mass is 9.83. The smallest absolute Gasteiger partial charge is 0.335 e. The summed E-state index contributed by atoms with van der Waals surface area (Å²) in [6.45, 7) is 9.77. The van der Waals surface area contributed by atoms with Gasteiger partial charge in [0.2, 0.25) is 0 Å². The van der Waals surface area contributed by atoms with Gasteiger partial charge in [-0.05, 0) is 69.9 Å². The summed E-state index contributed by atoms with van der Waals surface area (Å²) in [5.41, 5.74) is 1.31. The number of carbonyl (C=O) groups is 2. The van der Waals surface area contributed by atoms with Crippen molar-refractivity contribution in [2.45, 2.75) is 59.0 Å². The summed E-state index contributed by atoms with van der Waals surface area (Å²) in [6.07, 6.45) is 6.10. The Bertz CT molecular complexity index is 734. The highest BCUT2D eigenvalue weighted by Gasteiger charge is 2.23. The molecule has 1 aromatic rings. The third kappa shape index (κ3) is 9.94. The Balaban J connectivity index is 1.59. The lowest BCUT2D eigenvalue weighted by Gasteiger charge is -2.29. The Morgan fingerprint density at radius 3 is 2.00 bits per heavy atom. The van der Waals surface area contributed by atoms with Gasteiger partial charge in [-0.2, -0.15) is 0 Å². The highest BCUT2D eigenvalue weighted by atomic mass is 16.7. The Labute approximate surface area is 185 Å². The molecular weight excluding hydrogens is 396 g/mol. The van der Waals surface area contributed by atoms with Crippen LogP contribution in [0.4, 0.5) is 0 Å². The van der Waals surface area contributed by atoms with Gasteiger partial charge in [0.1, 0.15) is 0 Å². The molecule has 0 N–H and O–H groups in total. The average Bonchev–Trinajstić information content (AvgIpc) is 2.76. The van der Waals surface area contributed by atoms with Crippen LogP contribution < -0.4 is 0 Å². The van der Waals surface area contributed by atoms with Crippen molar-refractivity contribution in [3.05, 3.63) is 54.1 Å². The fourth-order valence-corrected chi connectivity index (χ4v) is 3.36. The zero-order chi connectivity index (χ0) is 22.6. The van der Waals surface area contributed by atoms with Crippen LogP contribution in [0.1, 0.15) is 52.0 Å². The molecule has 1 fully saturated rings. The van der Waals surface area contributed by atoms with Gasteiger partial charge in [0.25, 0.3) is 0 Å². The van der Waals surface area contributed by atoms with E-state index >= 15 is 0 Å². The number of hydrogen-bond donors (Lipinski definition) is 0. The molecule has 0 heterocycles. The van der Waals surface area contributed by atoms with E-state index in [0.29, 0.717) is 30.6 Å². The van der Waals surface area contributed by atoms with E-state index in [4.69, 9.17) is 18.9 Å². The van der Waals surface area contributed by atoms with Gasteiger partial charge in [0.15, 0.2) is 12.6 Å². The molecule has 6 nitrogen and oxygen atoms in total. The first kappa shape index (κ1) is 24.8. The molecule has 2 unspecified atom stereocenters. The summed E-state index contributed by atoms with van der Waals surface area (Å²) in [4.78, 5) is 23.4. The van der Waals surface area contributed by atoms with E-state index in [0.717, 1.165) is 31.2 Å². The van der Waals surface area contributed by atoms with Crippen molar-refractivity contribution in [3.8, 4) is 0 Å². The first-order valence-corrected chi connectivity index (χ1v) is 10.9. The highest BCUT2D eigenvalue weighted by molar-refractivity contribution is 5.87. The third-order valence-electron chi connectivity index (χ3n) is 5.21. The fourth-order valence-electron chi connectivity index (χ4n) is 3.36. The first-order chi connectivity index (χ1) is 14.8. The van der Waals surface area contributed by atoms with Crippen molar-refractivity contribution < 1.29 is 28.5 Å². The second-order valence-corrected chi connectivity index (χ2v) is 8.06. The number of carbonyl (C=O) groups excluding carboxylic acids is 2. The summed E-state index contributed by atoms with van der Waals surface area (Å²) in [6, 6.07) is 9.59. The maximum absolute atomic E-state index is 11.9. The normalized spacial score (nSPS) is 20.7. The zero-order valence-electron chi connectivity index (χ0n) is 18.8. The molecule has 2 rings (SSSR count). The fraction of sp³-hybridized carbons (Fsp3) is 0.520. The molecule has 2 atom stereocenters. The van der Waals surface area contributed by atoms with E-state index in [-0.39, 0.29) is 0 Å². The Hall–Kier alpha value is -2.44. The molecule has 1 aliphatic rings. The lowest BCUT2D eigenvalue weighted by molar-refractivity contribution is -0.175. The Kier molecular flexibility index (Phi) is 10.5. The monoisotopic (exact) mass is 430 g/mol. The van der Waals surface area contributed by atoms with Crippen molar-refractivity contribution in [1.82, 2.24) is 0 Å². The summed E-state index contributed by atoms with van der Waals surface area (Å²) < 4.78 is 21.8. The first-order valence-electron chi connectivity index (χ1n) is 10.9. The van der Waals surface area contributed by atoms with Crippen molar-refractivity contribution >= 4 is 18.0 Å². The van der Waals surface area contributed by atoms with Crippen molar-refractivity contribution in [1.29, 1.82) is 0 Å². The summed E-state index contributed by atoms with van der Waals surface area (Å²) in [5, 5.41) is 0. The van der Waals surface area contributed by atoms with Crippen molar-refractivity contribution in [3.63, 3.8) is 0 Å². The van der Waals surface area contributed by atoms with E-state index in [2.05, 4.69) is 6.58 Å². The molecule has 0 bridgehead atoms. The van der Waals surface area contributed by atoms with Gasteiger partial charge in [0, 0.05) is 11.6 Å². The minimum absolute atomic E-state index is 0.364. The summed E-state index contributed by atoms with van der Waals surface area (Å²) in [5.74, 6) is 0.0361. The van der Waals surface area contributed by atoms with Crippen LogP contribution in [0.25, 0.3) is 6.08 Å². The largest absolute Gasteiger partial charge is 0.433 e. The average molecular weight is 431 g/mol. The maximum atomic E-state index is 11.9. The van der Waals surface area contributed by atoms with Gasteiger partial charge in [-0.15, -0.1) is 0 Å². The van der Waals surface area contributed by atoms with Crippen molar-refractivity contribution in [2.75, 3.05) is 13.2 Å². The lowest BCUT2D eigenvalue weighted by Crippen LogP contribution is -2.27. The zero-order valence-corrected chi connectivity index (χ0v) is 18.8. The van der Waals surface area contributed by atoms with Crippen LogP contribution >= 0.6 is 0 Å². The minimum atomic E-state index is -0.585. The molecule has 31 heavy (non-hydrogen) atoms. The molecule has 0 aromatic heterocycles. The topological polar surface area (TPSA) is 71.1 Å². The molecule has 1 saturated carbocycles. The molecule has 1 aliphatic carbocycles. The Morgan fingerprint density at radius 2 is 1.48 bits per heavy atom. The molecule has 0 aliphatic heterocycles. The molecular formula is C25H34O6. The van der Waals surface area contributed by atoms with Gasteiger partial charge in [-0.25, -0.2) is 9.59 Å². The molecule has 0 saturated heterocycles. The van der Waals surface area contributed by atoms with Crippen LogP contribution in [0, 0.1) is 11.8 Å².